The molecule has 0 atom stereocenters. The largest absolute Gasteiger partial charge is 0.328 e. The van der Waals surface area contributed by atoms with Crippen LogP contribution in [0.2, 0.25) is 0 Å². The second-order valence-corrected chi connectivity index (χ2v) is 5.35. The first-order valence-electron chi connectivity index (χ1n) is 7.24. The highest BCUT2D eigenvalue weighted by Gasteiger charge is 2.04. The maximum atomic E-state index is 11.7. The Hall–Kier alpha value is -2.83. The summed E-state index contributed by atoms with van der Waals surface area (Å²) in [6.07, 6.45) is 2.94. The van der Waals surface area contributed by atoms with Crippen LogP contribution in [0.5, 0.6) is 0 Å². The van der Waals surface area contributed by atoms with Crippen LogP contribution in [-0.2, 0) is 17.8 Å². The molecule has 0 aliphatic carbocycles. The summed E-state index contributed by atoms with van der Waals surface area (Å²) in [5, 5.41) is 2.36. The van der Waals surface area contributed by atoms with Gasteiger partial charge < -0.3 is 0 Å². The second kappa shape index (κ2) is 7.44. The summed E-state index contributed by atoms with van der Waals surface area (Å²) in [6.45, 7) is 2.01. The number of nitrogens with one attached hydrogen (secondary N) is 1. The first kappa shape index (κ1) is 16.5. The normalized spacial score (nSPS) is 10.5. The fraction of sp³-hybridized carbons (Fsp3) is 0.312. The van der Waals surface area contributed by atoms with Gasteiger partial charge in [0.25, 0.3) is 11.5 Å². The highest BCUT2D eigenvalue weighted by atomic mass is 16.3. The SMILES string of the molecule is Cc1cn(Cc2ccc(CCCC(=O)N=O)cc2)c(=O)[nH]c1=O. The van der Waals surface area contributed by atoms with Crippen molar-refractivity contribution in [2.75, 3.05) is 0 Å². The minimum absolute atomic E-state index is 0.150. The lowest BCUT2D eigenvalue weighted by Crippen LogP contribution is -2.31. The number of aryl methyl sites for hydroxylation is 2. The Morgan fingerprint density at radius 3 is 2.48 bits per heavy atom. The maximum absolute atomic E-state index is 11.7. The Bertz CT molecular complexity index is 818. The number of hydrogen-bond donors (Lipinski definition) is 1. The van der Waals surface area contributed by atoms with Gasteiger partial charge in [-0.2, -0.15) is 0 Å². The molecule has 0 aliphatic rings. The number of aromatic amines is 1. The van der Waals surface area contributed by atoms with Gasteiger partial charge in [-0.15, -0.1) is 4.91 Å². The van der Waals surface area contributed by atoms with Gasteiger partial charge >= 0.3 is 5.69 Å². The zero-order valence-electron chi connectivity index (χ0n) is 12.7. The number of hydrogen-bond acceptors (Lipinski definition) is 4. The van der Waals surface area contributed by atoms with E-state index in [1.807, 2.05) is 24.3 Å². The number of nitrogens with zero attached hydrogens (tertiary/aromatic N) is 2. The van der Waals surface area contributed by atoms with Crippen LogP contribution < -0.4 is 11.2 Å². The van der Waals surface area contributed by atoms with Gasteiger partial charge in [0.1, 0.15) is 0 Å². The zero-order valence-corrected chi connectivity index (χ0v) is 12.7. The van der Waals surface area contributed by atoms with Crippen LogP contribution in [0.4, 0.5) is 0 Å². The molecular formula is C16H17N3O4. The molecule has 1 aromatic heterocycles. The average Bonchev–Trinajstić information content (AvgIpc) is 2.54. The molecule has 0 aliphatic heterocycles. The summed E-state index contributed by atoms with van der Waals surface area (Å²) < 4.78 is 1.44. The van der Waals surface area contributed by atoms with Gasteiger partial charge in [-0.05, 0) is 30.9 Å². The summed E-state index contributed by atoms with van der Waals surface area (Å²) in [5.41, 5.74) is 1.63. The van der Waals surface area contributed by atoms with Crippen LogP contribution in [-0.4, -0.2) is 15.5 Å². The number of aromatic nitrogens is 2. The fourth-order valence-corrected chi connectivity index (χ4v) is 2.23. The topological polar surface area (TPSA) is 101 Å². The van der Waals surface area contributed by atoms with E-state index in [-0.39, 0.29) is 12.0 Å². The van der Waals surface area contributed by atoms with Crippen LogP contribution in [0.3, 0.4) is 0 Å². The monoisotopic (exact) mass is 315 g/mol. The van der Waals surface area contributed by atoms with Gasteiger partial charge in [-0.25, -0.2) is 4.79 Å². The third-order valence-electron chi connectivity index (χ3n) is 3.52. The van der Waals surface area contributed by atoms with Crippen LogP contribution in [0.25, 0.3) is 0 Å². The molecule has 0 radical (unpaired) electrons. The van der Waals surface area contributed by atoms with E-state index in [4.69, 9.17) is 0 Å². The highest BCUT2D eigenvalue weighted by Crippen LogP contribution is 2.09. The molecule has 0 bridgehead atoms. The number of carbonyl (C=O) groups is 1. The molecular weight excluding hydrogens is 298 g/mol. The Labute approximate surface area is 132 Å². The van der Waals surface area contributed by atoms with Crippen molar-refractivity contribution >= 4 is 5.91 Å². The lowest BCUT2D eigenvalue weighted by Gasteiger charge is -2.07. The van der Waals surface area contributed by atoms with E-state index in [0.29, 0.717) is 24.9 Å². The Balaban J connectivity index is 2.01. The predicted octanol–water partition coefficient (Wildman–Crippen LogP) is 1.51. The highest BCUT2D eigenvalue weighted by molar-refractivity contribution is 5.76. The number of amides is 1. The second-order valence-electron chi connectivity index (χ2n) is 5.35. The number of carbonyl (C=O) groups excluding carboxylic acids is 1. The third kappa shape index (κ3) is 4.57. The van der Waals surface area contributed by atoms with Crippen molar-refractivity contribution in [1.29, 1.82) is 0 Å². The molecule has 1 aromatic carbocycles. The number of H-pyrrole nitrogens is 1. The van der Waals surface area contributed by atoms with Gasteiger partial charge in [0.2, 0.25) is 0 Å². The van der Waals surface area contributed by atoms with E-state index >= 15 is 0 Å². The molecule has 1 amide bonds. The van der Waals surface area contributed by atoms with E-state index in [2.05, 4.69) is 10.2 Å². The molecule has 0 unspecified atom stereocenters. The number of benzene rings is 1. The first-order chi connectivity index (χ1) is 11.0. The quantitative estimate of drug-likeness (QED) is 0.816. The van der Waals surface area contributed by atoms with Crippen LogP contribution >= 0.6 is 0 Å². The molecule has 0 saturated heterocycles. The Morgan fingerprint density at radius 2 is 1.83 bits per heavy atom. The van der Waals surface area contributed by atoms with Crippen molar-refractivity contribution < 1.29 is 4.79 Å². The van der Waals surface area contributed by atoms with Crippen molar-refractivity contribution in [3.8, 4) is 0 Å². The van der Waals surface area contributed by atoms with Crippen LogP contribution in [0.1, 0.15) is 29.5 Å². The van der Waals surface area contributed by atoms with Crippen LogP contribution in [0.15, 0.2) is 45.2 Å². The molecule has 120 valence electrons. The van der Waals surface area contributed by atoms with E-state index in [1.165, 1.54) is 10.8 Å². The number of rotatable bonds is 6. The van der Waals surface area contributed by atoms with E-state index in [9.17, 15) is 19.3 Å². The van der Waals surface area contributed by atoms with Gasteiger partial charge in [0.15, 0.2) is 0 Å². The summed E-state index contributed by atoms with van der Waals surface area (Å²) in [4.78, 5) is 46.1. The molecule has 7 heteroatoms. The molecule has 23 heavy (non-hydrogen) atoms. The summed E-state index contributed by atoms with van der Waals surface area (Å²) in [7, 11) is 0. The van der Waals surface area contributed by atoms with Crippen molar-refractivity contribution in [1.82, 2.24) is 9.55 Å². The minimum atomic E-state index is -0.630. The lowest BCUT2D eigenvalue weighted by atomic mass is 10.1. The molecule has 0 saturated carbocycles. The summed E-state index contributed by atoms with van der Waals surface area (Å²) >= 11 is 0. The first-order valence-corrected chi connectivity index (χ1v) is 7.24. The van der Waals surface area contributed by atoms with Crippen molar-refractivity contribution in [3.63, 3.8) is 0 Å². The van der Waals surface area contributed by atoms with Crippen LogP contribution in [0, 0.1) is 11.8 Å². The lowest BCUT2D eigenvalue weighted by molar-refractivity contribution is -0.118. The molecule has 0 fully saturated rings. The zero-order chi connectivity index (χ0) is 16.8. The number of nitroso groups, excluding NO2 is 1. The summed E-state index contributed by atoms with van der Waals surface area (Å²) in [6, 6.07) is 7.61. The fourth-order valence-electron chi connectivity index (χ4n) is 2.23. The smallest absolute Gasteiger partial charge is 0.296 e. The molecule has 1 heterocycles. The molecule has 2 aromatic rings. The molecule has 1 N–H and O–H groups in total. The maximum Gasteiger partial charge on any atom is 0.328 e. The standard InChI is InChI=1S/C16H17N3O4/c1-11-9-19(16(22)17-15(11)21)10-13-7-5-12(6-8-13)3-2-4-14(20)18-23/h5-9H,2-4,10H2,1H3,(H,17,21,22). The third-order valence-corrected chi connectivity index (χ3v) is 3.52. The summed E-state index contributed by atoms with van der Waals surface area (Å²) in [5.74, 6) is -0.630. The van der Waals surface area contributed by atoms with E-state index in [0.717, 1.165) is 11.1 Å². The Morgan fingerprint density at radius 1 is 1.17 bits per heavy atom. The van der Waals surface area contributed by atoms with Crippen molar-refractivity contribution in [3.05, 3.63) is 72.9 Å². The van der Waals surface area contributed by atoms with Gasteiger partial charge in [0, 0.05) is 23.4 Å². The van der Waals surface area contributed by atoms with E-state index in [1.54, 1.807) is 6.92 Å². The van der Waals surface area contributed by atoms with Gasteiger partial charge in [-0.1, -0.05) is 24.3 Å². The van der Waals surface area contributed by atoms with Gasteiger partial charge in [-0.3, -0.25) is 19.1 Å². The molecule has 7 nitrogen and oxygen atoms in total. The molecule has 0 spiro atoms. The Kier molecular flexibility index (Phi) is 5.35. The van der Waals surface area contributed by atoms with Crippen molar-refractivity contribution in [2.45, 2.75) is 32.7 Å². The van der Waals surface area contributed by atoms with E-state index < -0.39 is 11.6 Å². The minimum Gasteiger partial charge on any atom is -0.296 e. The molecule has 2 rings (SSSR count). The average molecular weight is 315 g/mol. The van der Waals surface area contributed by atoms with Gasteiger partial charge in [0.05, 0.1) is 6.54 Å². The van der Waals surface area contributed by atoms with Crippen molar-refractivity contribution in [2.24, 2.45) is 5.18 Å². The predicted molar refractivity (Wildman–Crippen MR) is 85.3 cm³/mol.